The Bertz CT molecular complexity index is 623. The Morgan fingerprint density at radius 2 is 1.53 bits per heavy atom. The highest BCUT2D eigenvalue weighted by Gasteiger charge is 2.15. The molecule has 94 valence electrons. The second-order valence-electron chi connectivity index (χ2n) is 4.80. The van der Waals surface area contributed by atoms with Crippen LogP contribution in [0.2, 0.25) is 0 Å². The molecule has 0 bridgehead atoms. The summed E-state index contributed by atoms with van der Waals surface area (Å²) in [5.74, 6) is 0. The number of nitrogens with two attached hydrogens (primary N) is 1. The average Bonchev–Trinajstić information content (AvgIpc) is 2.49. The van der Waals surface area contributed by atoms with Crippen LogP contribution in [0.15, 0.2) is 72.8 Å². The number of hydrogen-bond donors (Lipinski definition) is 1. The van der Waals surface area contributed by atoms with E-state index in [9.17, 15) is 0 Å². The first-order chi connectivity index (χ1) is 9.36. The lowest BCUT2D eigenvalue weighted by Gasteiger charge is -2.20. The largest absolute Gasteiger partial charge is 0.324 e. The maximum Gasteiger partial charge on any atom is 0.0336 e. The standard InChI is InChI=1S/C18H17N/c19-18-13-7-6-12-17(18)16-11-5-4-10-15(16)14-8-2-1-3-9-14/h1-12,18H,13,19H2. The first-order valence-electron chi connectivity index (χ1n) is 6.63. The highest BCUT2D eigenvalue weighted by Crippen LogP contribution is 2.32. The van der Waals surface area contributed by atoms with Gasteiger partial charge in [0.2, 0.25) is 0 Å². The van der Waals surface area contributed by atoms with E-state index in [1.54, 1.807) is 0 Å². The summed E-state index contributed by atoms with van der Waals surface area (Å²) in [7, 11) is 0. The summed E-state index contributed by atoms with van der Waals surface area (Å²) in [6.45, 7) is 0. The van der Waals surface area contributed by atoms with Gasteiger partial charge in [0.05, 0.1) is 0 Å². The molecule has 1 unspecified atom stereocenters. The van der Waals surface area contributed by atoms with Crippen molar-refractivity contribution in [2.24, 2.45) is 5.73 Å². The average molecular weight is 247 g/mol. The molecule has 1 aliphatic rings. The first kappa shape index (κ1) is 11.9. The summed E-state index contributed by atoms with van der Waals surface area (Å²) in [6, 6.07) is 19.0. The van der Waals surface area contributed by atoms with Crippen LogP contribution in [-0.4, -0.2) is 6.04 Å². The Morgan fingerprint density at radius 1 is 0.842 bits per heavy atom. The number of rotatable bonds is 2. The van der Waals surface area contributed by atoms with Gasteiger partial charge in [-0.2, -0.15) is 0 Å². The van der Waals surface area contributed by atoms with Crippen molar-refractivity contribution in [3.8, 4) is 11.1 Å². The Hall–Kier alpha value is -2.12. The van der Waals surface area contributed by atoms with Crippen molar-refractivity contribution in [3.63, 3.8) is 0 Å². The summed E-state index contributed by atoms with van der Waals surface area (Å²) in [5, 5.41) is 0. The van der Waals surface area contributed by atoms with Crippen LogP contribution >= 0.6 is 0 Å². The van der Waals surface area contributed by atoms with Crippen LogP contribution in [0.25, 0.3) is 16.7 Å². The van der Waals surface area contributed by atoms with Gasteiger partial charge in [0, 0.05) is 6.04 Å². The van der Waals surface area contributed by atoms with Gasteiger partial charge in [-0.05, 0) is 28.7 Å². The van der Waals surface area contributed by atoms with E-state index in [0.717, 1.165) is 6.42 Å². The third kappa shape index (κ3) is 2.38. The topological polar surface area (TPSA) is 26.0 Å². The van der Waals surface area contributed by atoms with Gasteiger partial charge in [-0.15, -0.1) is 0 Å². The first-order valence-corrected chi connectivity index (χ1v) is 6.63. The fraction of sp³-hybridized carbons (Fsp3) is 0.111. The Kier molecular flexibility index (Phi) is 3.30. The molecule has 1 aliphatic carbocycles. The molecule has 0 fully saturated rings. The molecule has 19 heavy (non-hydrogen) atoms. The molecule has 3 rings (SSSR count). The molecule has 0 saturated carbocycles. The van der Waals surface area contributed by atoms with E-state index in [1.165, 1.54) is 22.3 Å². The van der Waals surface area contributed by atoms with E-state index in [0.29, 0.717) is 0 Å². The normalized spacial score (nSPS) is 18.2. The van der Waals surface area contributed by atoms with Gasteiger partial charge in [-0.25, -0.2) is 0 Å². The zero-order chi connectivity index (χ0) is 13.1. The van der Waals surface area contributed by atoms with Crippen molar-refractivity contribution < 1.29 is 0 Å². The van der Waals surface area contributed by atoms with Crippen LogP contribution in [0, 0.1) is 0 Å². The van der Waals surface area contributed by atoms with Crippen LogP contribution in [-0.2, 0) is 0 Å². The molecule has 1 nitrogen and oxygen atoms in total. The smallest absolute Gasteiger partial charge is 0.0336 e. The summed E-state index contributed by atoms with van der Waals surface area (Å²) in [4.78, 5) is 0. The molecule has 2 aromatic rings. The molecule has 1 heteroatoms. The molecule has 0 heterocycles. The second kappa shape index (κ2) is 5.25. The van der Waals surface area contributed by atoms with Crippen molar-refractivity contribution in [2.75, 3.05) is 0 Å². The Balaban J connectivity index is 2.13. The van der Waals surface area contributed by atoms with E-state index in [1.807, 2.05) is 6.07 Å². The second-order valence-corrected chi connectivity index (χ2v) is 4.80. The summed E-state index contributed by atoms with van der Waals surface area (Å²) in [6.07, 6.45) is 7.27. The van der Waals surface area contributed by atoms with E-state index in [4.69, 9.17) is 5.73 Å². The number of allylic oxidation sites excluding steroid dienone is 2. The lowest BCUT2D eigenvalue weighted by Crippen LogP contribution is -2.22. The van der Waals surface area contributed by atoms with Gasteiger partial charge < -0.3 is 5.73 Å². The monoisotopic (exact) mass is 247 g/mol. The molecule has 1 atom stereocenters. The summed E-state index contributed by atoms with van der Waals surface area (Å²) < 4.78 is 0. The maximum atomic E-state index is 6.24. The molecule has 0 amide bonds. The van der Waals surface area contributed by atoms with Crippen LogP contribution in [0.3, 0.4) is 0 Å². The third-order valence-corrected chi connectivity index (χ3v) is 3.52. The quantitative estimate of drug-likeness (QED) is 0.852. The molecule has 2 aromatic carbocycles. The van der Waals surface area contributed by atoms with Crippen molar-refractivity contribution >= 4 is 5.57 Å². The summed E-state index contributed by atoms with van der Waals surface area (Å²) >= 11 is 0. The molecule has 0 aromatic heterocycles. The number of hydrogen-bond acceptors (Lipinski definition) is 1. The molecule has 0 radical (unpaired) electrons. The zero-order valence-electron chi connectivity index (χ0n) is 10.8. The van der Waals surface area contributed by atoms with Gasteiger partial charge >= 0.3 is 0 Å². The highest BCUT2D eigenvalue weighted by molar-refractivity contribution is 5.84. The summed E-state index contributed by atoms with van der Waals surface area (Å²) in [5.41, 5.74) is 11.2. The van der Waals surface area contributed by atoms with Gasteiger partial charge in [0.1, 0.15) is 0 Å². The van der Waals surface area contributed by atoms with Crippen molar-refractivity contribution in [3.05, 3.63) is 78.4 Å². The minimum absolute atomic E-state index is 0.0925. The molecular weight excluding hydrogens is 230 g/mol. The Labute approximate surface area is 114 Å². The predicted octanol–water partition coefficient (Wildman–Crippen LogP) is 4.02. The van der Waals surface area contributed by atoms with Gasteiger partial charge in [0.25, 0.3) is 0 Å². The van der Waals surface area contributed by atoms with Crippen molar-refractivity contribution in [1.29, 1.82) is 0 Å². The predicted molar refractivity (Wildman–Crippen MR) is 81.6 cm³/mol. The minimum Gasteiger partial charge on any atom is -0.324 e. The van der Waals surface area contributed by atoms with Gasteiger partial charge in [-0.1, -0.05) is 72.8 Å². The highest BCUT2D eigenvalue weighted by atomic mass is 14.6. The maximum absolute atomic E-state index is 6.24. The lowest BCUT2D eigenvalue weighted by molar-refractivity contribution is 0.845. The molecule has 0 aliphatic heterocycles. The minimum atomic E-state index is 0.0925. The molecule has 2 N–H and O–H groups in total. The van der Waals surface area contributed by atoms with Crippen LogP contribution in [0.4, 0.5) is 0 Å². The molecular formula is C18H17N. The van der Waals surface area contributed by atoms with E-state index < -0.39 is 0 Å². The van der Waals surface area contributed by atoms with Gasteiger partial charge in [0.15, 0.2) is 0 Å². The van der Waals surface area contributed by atoms with E-state index >= 15 is 0 Å². The third-order valence-electron chi connectivity index (χ3n) is 3.52. The lowest BCUT2D eigenvalue weighted by atomic mass is 9.88. The molecule has 0 spiro atoms. The van der Waals surface area contributed by atoms with Gasteiger partial charge in [-0.3, -0.25) is 0 Å². The molecule has 0 saturated heterocycles. The van der Waals surface area contributed by atoms with Crippen molar-refractivity contribution in [2.45, 2.75) is 12.5 Å². The Morgan fingerprint density at radius 3 is 2.26 bits per heavy atom. The van der Waals surface area contributed by atoms with E-state index in [2.05, 4.69) is 66.8 Å². The van der Waals surface area contributed by atoms with E-state index in [-0.39, 0.29) is 6.04 Å². The SMILES string of the molecule is NC1CC=CC=C1c1ccccc1-c1ccccc1. The van der Waals surface area contributed by atoms with Crippen LogP contribution < -0.4 is 5.73 Å². The number of benzene rings is 2. The van der Waals surface area contributed by atoms with Crippen molar-refractivity contribution in [1.82, 2.24) is 0 Å². The van der Waals surface area contributed by atoms with Crippen LogP contribution in [0.5, 0.6) is 0 Å². The fourth-order valence-electron chi connectivity index (χ4n) is 2.54. The fourth-order valence-corrected chi connectivity index (χ4v) is 2.54. The zero-order valence-corrected chi connectivity index (χ0v) is 10.8. The van der Waals surface area contributed by atoms with Crippen LogP contribution in [0.1, 0.15) is 12.0 Å².